The molecule has 5 heteroatoms. The van der Waals surface area contributed by atoms with Crippen LogP contribution in [0, 0.1) is 5.92 Å². The zero-order chi connectivity index (χ0) is 24.7. The van der Waals surface area contributed by atoms with E-state index in [1.165, 1.54) is 24.8 Å². The molecule has 0 bridgehead atoms. The third-order valence-electron chi connectivity index (χ3n) is 7.54. The first kappa shape index (κ1) is 24.3. The average Bonchev–Trinajstić information content (AvgIpc) is 3.32. The molecule has 186 valence electrons. The van der Waals surface area contributed by atoms with Gasteiger partial charge >= 0.3 is 0 Å². The number of amides is 2. The predicted octanol–water partition coefficient (Wildman–Crippen LogP) is 4.72. The molecule has 2 amide bonds. The SMILES string of the molecule is O=C(NCCCN1CCC(Cc2ccccc2)CC1)[C@H]1Cc2ccccc2N1C(=O)c1ccccc1. The second-order valence-corrected chi connectivity index (χ2v) is 10.0. The Morgan fingerprint density at radius 1 is 0.833 bits per heavy atom. The zero-order valence-corrected chi connectivity index (χ0v) is 20.8. The van der Waals surface area contributed by atoms with Crippen molar-refractivity contribution in [2.75, 3.05) is 31.1 Å². The molecule has 2 aliphatic rings. The van der Waals surface area contributed by atoms with E-state index in [-0.39, 0.29) is 11.8 Å². The van der Waals surface area contributed by atoms with Gasteiger partial charge in [0.25, 0.3) is 5.91 Å². The Labute approximate surface area is 214 Å². The maximum atomic E-state index is 13.3. The van der Waals surface area contributed by atoms with E-state index in [2.05, 4.69) is 40.5 Å². The Morgan fingerprint density at radius 3 is 2.25 bits per heavy atom. The van der Waals surface area contributed by atoms with Crippen molar-refractivity contribution in [2.24, 2.45) is 5.92 Å². The van der Waals surface area contributed by atoms with Gasteiger partial charge in [0.1, 0.15) is 6.04 Å². The fraction of sp³-hybridized carbons (Fsp3) is 0.355. The first-order valence-corrected chi connectivity index (χ1v) is 13.2. The summed E-state index contributed by atoms with van der Waals surface area (Å²) in [5.74, 6) is 0.566. The molecule has 0 radical (unpaired) electrons. The molecule has 3 aromatic carbocycles. The largest absolute Gasteiger partial charge is 0.354 e. The number of nitrogens with one attached hydrogen (secondary N) is 1. The molecule has 5 nitrogen and oxygen atoms in total. The minimum atomic E-state index is -0.510. The van der Waals surface area contributed by atoms with E-state index in [1.807, 2.05) is 42.5 Å². The Morgan fingerprint density at radius 2 is 1.50 bits per heavy atom. The minimum Gasteiger partial charge on any atom is -0.354 e. The van der Waals surface area contributed by atoms with Crippen LogP contribution in [-0.2, 0) is 17.6 Å². The van der Waals surface area contributed by atoms with Crippen LogP contribution in [0.3, 0.4) is 0 Å². The van der Waals surface area contributed by atoms with E-state index >= 15 is 0 Å². The van der Waals surface area contributed by atoms with Crippen LogP contribution in [0.25, 0.3) is 0 Å². The molecule has 1 fully saturated rings. The number of hydrogen-bond acceptors (Lipinski definition) is 3. The van der Waals surface area contributed by atoms with Crippen LogP contribution in [0.1, 0.15) is 40.7 Å². The second kappa shape index (κ2) is 11.5. The van der Waals surface area contributed by atoms with Gasteiger partial charge in [-0.25, -0.2) is 0 Å². The molecule has 2 heterocycles. The van der Waals surface area contributed by atoms with Crippen molar-refractivity contribution < 1.29 is 9.59 Å². The van der Waals surface area contributed by atoms with Gasteiger partial charge < -0.3 is 10.2 Å². The molecule has 0 saturated carbocycles. The van der Waals surface area contributed by atoms with E-state index in [4.69, 9.17) is 0 Å². The standard InChI is InChI=1S/C31H35N3O2/c35-30(32-18-9-19-33-20-16-25(17-21-33)22-24-10-3-1-4-11-24)29-23-27-14-7-8-15-28(27)34(29)31(36)26-12-5-2-6-13-26/h1-8,10-15,25,29H,9,16-23H2,(H,32,35)/t29-/m1/s1. The third-order valence-corrected chi connectivity index (χ3v) is 7.54. The molecule has 1 atom stereocenters. The lowest BCUT2D eigenvalue weighted by Gasteiger charge is -2.32. The van der Waals surface area contributed by atoms with E-state index in [0.717, 1.165) is 43.2 Å². The molecule has 36 heavy (non-hydrogen) atoms. The minimum absolute atomic E-state index is 0.0722. The van der Waals surface area contributed by atoms with Gasteiger partial charge in [0.15, 0.2) is 0 Å². The number of anilines is 1. The van der Waals surface area contributed by atoms with Crippen molar-refractivity contribution in [3.63, 3.8) is 0 Å². The van der Waals surface area contributed by atoms with Crippen molar-refractivity contribution in [1.82, 2.24) is 10.2 Å². The second-order valence-electron chi connectivity index (χ2n) is 10.0. The molecule has 3 aromatic rings. The Balaban J connectivity index is 1.10. The molecule has 0 spiro atoms. The number of rotatable bonds is 8. The maximum absolute atomic E-state index is 13.3. The van der Waals surface area contributed by atoms with Gasteiger partial charge in [-0.3, -0.25) is 14.5 Å². The highest BCUT2D eigenvalue weighted by molar-refractivity contribution is 6.11. The summed E-state index contributed by atoms with van der Waals surface area (Å²) in [4.78, 5) is 30.7. The summed E-state index contributed by atoms with van der Waals surface area (Å²) in [6.07, 6.45) is 5.11. The highest BCUT2D eigenvalue weighted by Gasteiger charge is 2.38. The zero-order valence-electron chi connectivity index (χ0n) is 20.8. The highest BCUT2D eigenvalue weighted by Crippen LogP contribution is 2.33. The van der Waals surface area contributed by atoms with Gasteiger partial charge in [0, 0.05) is 24.2 Å². The molecular formula is C31H35N3O2. The highest BCUT2D eigenvalue weighted by atomic mass is 16.2. The summed E-state index contributed by atoms with van der Waals surface area (Å²) in [7, 11) is 0. The fourth-order valence-electron chi connectivity index (χ4n) is 5.56. The quantitative estimate of drug-likeness (QED) is 0.474. The summed E-state index contributed by atoms with van der Waals surface area (Å²) < 4.78 is 0. The van der Waals surface area contributed by atoms with E-state index < -0.39 is 6.04 Å². The van der Waals surface area contributed by atoms with Gasteiger partial charge in [-0.05, 0) is 80.6 Å². The molecule has 0 unspecified atom stereocenters. The number of piperidine rings is 1. The van der Waals surface area contributed by atoms with Crippen LogP contribution in [0.2, 0.25) is 0 Å². The van der Waals surface area contributed by atoms with E-state index in [0.29, 0.717) is 18.5 Å². The van der Waals surface area contributed by atoms with Crippen molar-refractivity contribution in [2.45, 2.75) is 38.1 Å². The number of carbonyl (C=O) groups excluding carboxylic acids is 2. The number of likely N-dealkylation sites (tertiary alicyclic amines) is 1. The molecule has 1 N–H and O–H groups in total. The lowest BCUT2D eigenvalue weighted by Crippen LogP contribution is -2.48. The molecule has 0 aliphatic carbocycles. The molecule has 5 rings (SSSR count). The van der Waals surface area contributed by atoms with Crippen LogP contribution in [0.5, 0.6) is 0 Å². The van der Waals surface area contributed by atoms with Crippen molar-refractivity contribution in [3.05, 3.63) is 102 Å². The Bertz CT molecular complexity index is 1160. The predicted molar refractivity (Wildman–Crippen MR) is 144 cm³/mol. The van der Waals surface area contributed by atoms with Crippen LogP contribution < -0.4 is 10.2 Å². The Hall–Kier alpha value is -3.44. The third kappa shape index (κ3) is 5.68. The van der Waals surface area contributed by atoms with Crippen LogP contribution in [0.15, 0.2) is 84.9 Å². The number of para-hydroxylation sites is 1. The number of hydrogen-bond donors (Lipinski definition) is 1. The smallest absolute Gasteiger partial charge is 0.259 e. The summed E-state index contributed by atoms with van der Waals surface area (Å²) in [5, 5.41) is 3.12. The number of nitrogens with zero attached hydrogens (tertiary/aromatic N) is 2. The summed E-state index contributed by atoms with van der Waals surface area (Å²) in [6.45, 7) is 3.88. The fourth-order valence-corrected chi connectivity index (χ4v) is 5.56. The van der Waals surface area contributed by atoms with Gasteiger partial charge in [0.05, 0.1) is 0 Å². The van der Waals surface area contributed by atoms with Crippen LogP contribution in [-0.4, -0.2) is 48.9 Å². The molecule has 1 saturated heterocycles. The summed E-state index contributed by atoms with van der Waals surface area (Å²) >= 11 is 0. The molecule has 0 aromatic heterocycles. The van der Waals surface area contributed by atoms with E-state index in [9.17, 15) is 9.59 Å². The molecular weight excluding hydrogens is 446 g/mol. The first-order chi connectivity index (χ1) is 17.7. The van der Waals surface area contributed by atoms with Crippen molar-refractivity contribution in [1.29, 1.82) is 0 Å². The number of carbonyl (C=O) groups is 2. The van der Waals surface area contributed by atoms with Gasteiger partial charge in [-0.1, -0.05) is 66.7 Å². The number of benzene rings is 3. The van der Waals surface area contributed by atoms with Gasteiger partial charge in [0.2, 0.25) is 5.91 Å². The lowest BCUT2D eigenvalue weighted by molar-refractivity contribution is -0.122. The van der Waals surface area contributed by atoms with Crippen molar-refractivity contribution in [3.8, 4) is 0 Å². The van der Waals surface area contributed by atoms with Crippen LogP contribution in [0.4, 0.5) is 5.69 Å². The maximum Gasteiger partial charge on any atom is 0.259 e. The monoisotopic (exact) mass is 481 g/mol. The summed E-state index contributed by atoms with van der Waals surface area (Å²) in [5.41, 5.74) is 3.92. The van der Waals surface area contributed by atoms with E-state index in [1.54, 1.807) is 17.0 Å². The van der Waals surface area contributed by atoms with Crippen LogP contribution >= 0.6 is 0 Å². The van der Waals surface area contributed by atoms with Crippen molar-refractivity contribution >= 4 is 17.5 Å². The normalized spacial score (nSPS) is 18.1. The van der Waals surface area contributed by atoms with Gasteiger partial charge in [-0.2, -0.15) is 0 Å². The summed E-state index contributed by atoms with van der Waals surface area (Å²) in [6, 6.07) is 27.3. The molecule has 2 aliphatic heterocycles. The lowest BCUT2D eigenvalue weighted by atomic mass is 9.90. The average molecular weight is 482 g/mol. The Kier molecular flexibility index (Phi) is 7.77. The topological polar surface area (TPSA) is 52.7 Å². The van der Waals surface area contributed by atoms with Gasteiger partial charge in [-0.15, -0.1) is 0 Å². The first-order valence-electron chi connectivity index (χ1n) is 13.2. The number of fused-ring (bicyclic) bond motifs is 1.